The fourth-order valence-electron chi connectivity index (χ4n) is 7.05. The summed E-state index contributed by atoms with van der Waals surface area (Å²) in [5.41, 5.74) is 4.10. The second kappa shape index (κ2) is 15.7. The minimum absolute atomic E-state index is 0. The Labute approximate surface area is 321 Å². The normalized spacial score (nSPS) is 28.7. The summed E-state index contributed by atoms with van der Waals surface area (Å²) in [4.78, 5) is 61.9. The molecule has 1 saturated heterocycles. The number of allylic oxidation sites excluding steroid dienone is 1. The fourth-order valence-corrected chi connectivity index (χ4v) is 8.36. The van der Waals surface area contributed by atoms with Crippen molar-refractivity contribution in [3.63, 3.8) is 0 Å². The molecule has 2 aliphatic heterocycles. The summed E-state index contributed by atoms with van der Waals surface area (Å²) in [6.07, 6.45) is 8.43. The number of nitrogens with one attached hydrogen (secondary N) is 2. The lowest BCUT2D eigenvalue weighted by Gasteiger charge is -2.27. The molecular weight excluding hydrogens is 717 g/mol. The van der Waals surface area contributed by atoms with Gasteiger partial charge in [-0.05, 0) is 90.2 Å². The lowest BCUT2D eigenvalue weighted by molar-refractivity contribution is -0.140. The number of rotatable bonds is 6. The molecule has 0 spiro atoms. The second-order valence-electron chi connectivity index (χ2n) is 16.4. The molecule has 4 amide bonds. The summed E-state index contributed by atoms with van der Waals surface area (Å²) in [5.74, 6) is -0.345. The summed E-state index contributed by atoms with van der Waals surface area (Å²) in [6, 6.07) is 4.42. The van der Waals surface area contributed by atoms with Gasteiger partial charge in [0.1, 0.15) is 29.0 Å². The van der Waals surface area contributed by atoms with Crippen LogP contribution in [0.3, 0.4) is 0 Å². The molecule has 3 heterocycles. The standard InChI is InChI=1S/C33H43N5O7S.C5H11NO2.3H2/c1-20-7-5-6-8-22-17-33(22,31(41)37-46(42,43)32(3)11-12-32)36-30(40)27-16-24(19-38(27)29(39)14-21(2)13-20)45-28-18-34-26-15-23(44-4)9-10-25(26)35-28;1-5(2,3)8-4(6)7;;;/h6,8-10,15,18,20-22,24,27H,5,7,11-14,16-17,19H2,1-4H3,(H,36,40)(H,37,41);1-3H3,(H2,6,7);3*1H/b8-6-;;;;/t20-,21-,22-,24-,27+,33-;;;;/m1..../s1. The smallest absolute Gasteiger partial charge is 0.405 e. The van der Waals surface area contributed by atoms with Crippen LogP contribution in [0.2, 0.25) is 0 Å². The Morgan fingerprint density at radius 3 is 2.46 bits per heavy atom. The molecule has 1 aromatic carbocycles. The molecule has 16 heteroatoms. The summed E-state index contributed by atoms with van der Waals surface area (Å²) in [6.45, 7) is 11.3. The van der Waals surface area contributed by atoms with E-state index in [9.17, 15) is 27.6 Å². The number of hydrogen-bond acceptors (Lipinski definition) is 11. The first-order chi connectivity index (χ1) is 25.2. The molecule has 3 fully saturated rings. The Balaban J connectivity index is 0.000000924. The molecule has 2 aromatic rings. The first-order valence-corrected chi connectivity index (χ1v) is 20.0. The highest BCUT2D eigenvalue weighted by atomic mass is 32.2. The van der Waals surface area contributed by atoms with Crippen LogP contribution in [0.15, 0.2) is 36.5 Å². The van der Waals surface area contributed by atoms with Gasteiger partial charge >= 0.3 is 6.09 Å². The third-order valence-corrected chi connectivity index (χ3v) is 12.6. The minimum Gasteiger partial charge on any atom is -0.497 e. The quantitative estimate of drug-likeness (QED) is 0.337. The molecule has 15 nitrogen and oxygen atoms in total. The van der Waals surface area contributed by atoms with E-state index in [0.29, 0.717) is 35.5 Å². The predicted molar refractivity (Wildman–Crippen MR) is 207 cm³/mol. The van der Waals surface area contributed by atoms with E-state index in [0.717, 1.165) is 19.3 Å². The van der Waals surface area contributed by atoms with Crippen LogP contribution in [0.1, 0.15) is 97.2 Å². The number of ether oxygens (including phenoxy) is 3. The number of benzene rings is 1. The van der Waals surface area contributed by atoms with E-state index >= 15 is 0 Å². The number of nitrogens with zero attached hydrogens (tertiary/aromatic N) is 3. The van der Waals surface area contributed by atoms with Gasteiger partial charge in [-0.25, -0.2) is 23.2 Å². The Kier molecular flexibility index (Phi) is 11.8. The molecular formula is C38H60N6O9S. The van der Waals surface area contributed by atoms with Crippen molar-refractivity contribution in [1.29, 1.82) is 0 Å². The van der Waals surface area contributed by atoms with Gasteiger partial charge in [0, 0.05) is 29.1 Å². The fraction of sp³-hybridized carbons (Fsp3) is 0.632. The van der Waals surface area contributed by atoms with Crippen molar-refractivity contribution < 1.29 is 46.1 Å². The van der Waals surface area contributed by atoms with Crippen LogP contribution in [0.5, 0.6) is 11.6 Å². The summed E-state index contributed by atoms with van der Waals surface area (Å²) >= 11 is 0. The van der Waals surface area contributed by atoms with E-state index in [1.807, 2.05) is 12.2 Å². The van der Waals surface area contributed by atoms with Crippen molar-refractivity contribution in [1.82, 2.24) is 24.9 Å². The van der Waals surface area contributed by atoms with Crippen LogP contribution >= 0.6 is 0 Å². The first kappa shape index (κ1) is 40.7. The number of primary amides is 1. The lowest BCUT2D eigenvalue weighted by Crippen LogP contribution is -2.57. The molecule has 4 aliphatic rings. The van der Waals surface area contributed by atoms with Crippen LogP contribution in [0, 0.1) is 17.8 Å². The van der Waals surface area contributed by atoms with Crippen molar-refractivity contribution in [3.05, 3.63) is 36.5 Å². The van der Waals surface area contributed by atoms with Gasteiger partial charge in [-0.1, -0.05) is 26.0 Å². The average molecular weight is 777 g/mol. The van der Waals surface area contributed by atoms with Gasteiger partial charge in [-0.15, -0.1) is 0 Å². The van der Waals surface area contributed by atoms with Crippen LogP contribution in [-0.4, -0.2) is 88.8 Å². The number of methoxy groups -OCH3 is 1. The van der Waals surface area contributed by atoms with Crippen LogP contribution < -0.4 is 25.2 Å². The largest absolute Gasteiger partial charge is 0.497 e. The molecule has 302 valence electrons. The maximum Gasteiger partial charge on any atom is 0.405 e. The number of hydrogen-bond donors (Lipinski definition) is 3. The number of carbonyl (C=O) groups is 4. The number of sulfonamides is 1. The third kappa shape index (κ3) is 9.79. The molecule has 6 atom stereocenters. The molecule has 2 aliphatic carbocycles. The molecule has 4 N–H and O–H groups in total. The maximum atomic E-state index is 14.0. The van der Waals surface area contributed by atoms with Gasteiger partial charge in [0.05, 0.1) is 35.6 Å². The topological polar surface area (TPSA) is 209 Å². The highest BCUT2D eigenvalue weighted by Gasteiger charge is 2.63. The van der Waals surface area contributed by atoms with Gasteiger partial charge in [0.25, 0.3) is 5.91 Å². The number of nitrogens with two attached hydrogens (primary N) is 1. The van der Waals surface area contributed by atoms with Gasteiger partial charge in [0.15, 0.2) is 0 Å². The number of carbonyl (C=O) groups excluding carboxylic acids is 4. The van der Waals surface area contributed by atoms with Crippen LogP contribution in [0.25, 0.3) is 11.0 Å². The van der Waals surface area contributed by atoms with E-state index in [2.05, 4.69) is 38.6 Å². The molecule has 0 radical (unpaired) electrons. The van der Waals surface area contributed by atoms with Gasteiger partial charge in [-0.2, -0.15) is 0 Å². The van der Waals surface area contributed by atoms with Crippen molar-refractivity contribution in [2.75, 3.05) is 13.7 Å². The Morgan fingerprint density at radius 1 is 1.11 bits per heavy atom. The molecule has 54 heavy (non-hydrogen) atoms. The lowest BCUT2D eigenvalue weighted by atomic mass is 9.91. The molecule has 1 aromatic heterocycles. The van der Waals surface area contributed by atoms with E-state index in [4.69, 9.17) is 15.2 Å². The van der Waals surface area contributed by atoms with E-state index in [1.165, 1.54) is 6.20 Å². The van der Waals surface area contributed by atoms with Crippen LogP contribution in [-0.2, 0) is 29.1 Å². The van der Waals surface area contributed by atoms with Gasteiger partial charge in [0.2, 0.25) is 27.7 Å². The molecule has 6 rings (SSSR count). The van der Waals surface area contributed by atoms with Crippen molar-refractivity contribution in [3.8, 4) is 11.6 Å². The highest BCUT2D eigenvalue weighted by Crippen LogP contribution is 2.47. The highest BCUT2D eigenvalue weighted by molar-refractivity contribution is 7.91. The van der Waals surface area contributed by atoms with E-state index in [-0.39, 0.29) is 53.7 Å². The zero-order valence-corrected chi connectivity index (χ0v) is 33.0. The summed E-state index contributed by atoms with van der Waals surface area (Å²) in [5, 5.41) is 2.91. The summed E-state index contributed by atoms with van der Waals surface area (Å²) in [7, 11) is -2.34. The SMILES string of the molecule is CC(C)(C)OC(N)=O.COc1ccc2nc(O[C@@H]3C[C@H]4C(=O)N[C@]5(C(=O)NS(=O)(=O)C6(C)CC6)C[C@H]5/C=C\CC[C@@H](C)C[C@@H](C)CC(=O)N4C3)cnc2c1.[HH].[HH].[HH]. The zero-order valence-electron chi connectivity index (χ0n) is 32.2. The number of fused-ring (bicyclic) bond motifs is 3. The first-order valence-electron chi connectivity index (χ1n) is 18.5. The zero-order chi connectivity index (χ0) is 39.6. The Morgan fingerprint density at radius 2 is 1.83 bits per heavy atom. The number of amides is 4. The van der Waals surface area contributed by atoms with Crippen molar-refractivity contribution in [2.45, 2.75) is 121 Å². The second-order valence-corrected chi connectivity index (χ2v) is 18.6. The van der Waals surface area contributed by atoms with Crippen molar-refractivity contribution >= 4 is 44.9 Å². The van der Waals surface area contributed by atoms with E-state index in [1.54, 1.807) is 57.9 Å². The summed E-state index contributed by atoms with van der Waals surface area (Å²) < 4.78 is 43.3. The average Bonchev–Trinajstić information content (AvgIpc) is 3.95. The molecule has 0 unspecified atom stereocenters. The van der Waals surface area contributed by atoms with Gasteiger partial charge < -0.3 is 30.2 Å². The Bertz CT molecular complexity index is 1910. The number of aromatic nitrogens is 2. The van der Waals surface area contributed by atoms with Crippen molar-refractivity contribution in [2.24, 2.45) is 23.5 Å². The van der Waals surface area contributed by atoms with Crippen LogP contribution in [0.4, 0.5) is 4.79 Å². The maximum absolute atomic E-state index is 14.0. The predicted octanol–water partition coefficient (Wildman–Crippen LogP) is 4.88. The molecule has 2 saturated carbocycles. The Hall–Kier alpha value is -4.47. The van der Waals surface area contributed by atoms with Gasteiger partial charge in [-0.3, -0.25) is 19.1 Å². The van der Waals surface area contributed by atoms with E-state index < -0.39 is 56.0 Å². The molecule has 0 bridgehead atoms. The third-order valence-electron chi connectivity index (χ3n) is 10.4. The monoisotopic (exact) mass is 776 g/mol. The minimum atomic E-state index is -3.91.